The lowest BCUT2D eigenvalue weighted by molar-refractivity contribution is 0.381. The summed E-state index contributed by atoms with van der Waals surface area (Å²) in [6.07, 6.45) is 0. The Morgan fingerprint density at radius 3 is 1.59 bits per heavy atom. The molecule has 6 N–H and O–H groups in total. The third-order valence-electron chi connectivity index (χ3n) is 0.940. The number of thiol groups is 1. The predicted octanol–water partition coefficient (Wildman–Crippen LogP) is -0.610. The molecule has 0 saturated carbocycles. The molecule has 0 radical (unpaired) electrons. The number of hydrazine groups is 1. The van der Waals surface area contributed by atoms with Crippen molar-refractivity contribution in [2.24, 2.45) is 5.84 Å². The van der Waals surface area contributed by atoms with Crippen molar-refractivity contribution in [1.29, 1.82) is 0 Å². The highest BCUT2D eigenvalue weighted by Gasteiger charge is 1.84. The minimum absolute atomic E-state index is 0.938. The van der Waals surface area contributed by atoms with E-state index in [4.69, 9.17) is 36.3 Å². The number of benzene rings is 1. The number of anilines is 1. The predicted molar refractivity (Wildman–Crippen MR) is 61.4 cm³/mol. The molecule has 0 aliphatic rings. The number of rotatable bonds is 1. The summed E-state index contributed by atoms with van der Waals surface area (Å²) in [5.74, 6) is 5.10. The van der Waals surface area contributed by atoms with Gasteiger partial charge < -0.3 is 5.43 Å². The van der Waals surface area contributed by atoms with Crippen LogP contribution in [0.4, 0.5) is 5.69 Å². The fraction of sp³-hybridized carbons (Fsp3) is 0. The molecular weight excluding hydrogens is 276 g/mol. The average Bonchev–Trinajstić information content (AvgIpc) is 2.15. The third-order valence-corrected chi connectivity index (χ3v) is 0.940. The summed E-state index contributed by atoms with van der Waals surface area (Å²) in [4.78, 5) is 0. The molecular formula is C6H12N2O7S2. The molecule has 0 atom stereocenters. The molecule has 1 aromatic carbocycles. The number of nitrogens with one attached hydrogen (secondary N) is 1. The Kier molecular flexibility index (Phi) is 10.6. The van der Waals surface area contributed by atoms with E-state index in [-0.39, 0.29) is 0 Å². The molecule has 0 aliphatic carbocycles. The largest absolute Gasteiger partial charge is 0.394 e. The van der Waals surface area contributed by atoms with Crippen molar-refractivity contribution in [3.63, 3.8) is 0 Å². The molecule has 0 aliphatic heterocycles. The van der Waals surface area contributed by atoms with E-state index in [1.807, 2.05) is 30.3 Å². The second-order valence-electron chi connectivity index (χ2n) is 2.20. The first kappa shape index (κ1) is 18.1. The molecule has 9 nitrogen and oxygen atoms in total. The highest BCUT2D eigenvalue weighted by atomic mass is 32.3. The van der Waals surface area contributed by atoms with Gasteiger partial charge in [0, 0.05) is 5.69 Å². The van der Waals surface area contributed by atoms with Gasteiger partial charge >= 0.3 is 10.4 Å². The Morgan fingerprint density at radius 2 is 1.41 bits per heavy atom. The maximum atomic E-state index is 8.74. The van der Waals surface area contributed by atoms with E-state index in [9.17, 15) is 0 Å². The maximum Gasteiger partial charge on any atom is 0.394 e. The molecule has 11 heteroatoms. The quantitative estimate of drug-likeness (QED) is 0.171. The first-order valence-corrected chi connectivity index (χ1v) is 6.24. The van der Waals surface area contributed by atoms with Gasteiger partial charge in [-0.2, -0.15) is 8.42 Å². The van der Waals surface area contributed by atoms with E-state index in [1.54, 1.807) is 0 Å². The molecule has 0 saturated heterocycles. The Labute approximate surface area is 99.6 Å². The summed E-state index contributed by atoms with van der Waals surface area (Å²) in [5, 5.41) is 0. The number of nitrogen functional groups attached to an aromatic ring is 1. The van der Waals surface area contributed by atoms with Gasteiger partial charge in [0.2, 0.25) is 0 Å². The van der Waals surface area contributed by atoms with E-state index in [0.29, 0.717) is 0 Å². The molecule has 0 heterocycles. The lowest BCUT2D eigenvalue weighted by Crippen LogP contribution is -2.05. The second kappa shape index (κ2) is 9.95. The van der Waals surface area contributed by atoms with Crippen molar-refractivity contribution in [3.8, 4) is 0 Å². The van der Waals surface area contributed by atoms with Crippen molar-refractivity contribution in [1.82, 2.24) is 0 Å². The average molecular weight is 288 g/mol. The lowest BCUT2D eigenvalue weighted by Gasteiger charge is -1.94. The Hall–Kier alpha value is -1.24. The molecule has 0 amide bonds. The second-order valence-corrected chi connectivity index (χ2v) is 3.57. The molecule has 17 heavy (non-hydrogen) atoms. The Balaban J connectivity index is 0. The van der Waals surface area contributed by atoms with Gasteiger partial charge in [-0.1, -0.05) is 18.2 Å². The van der Waals surface area contributed by atoms with Gasteiger partial charge in [0.15, 0.2) is 0 Å². The van der Waals surface area contributed by atoms with Crippen LogP contribution in [-0.4, -0.2) is 30.5 Å². The molecule has 0 fully saturated rings. The Bertz CT molecular complexity index is 441. The van der Waals surface area contributed by atoms with Crippen LogP contribution in [0.1, 0.15) is 0 Å². The van der Waals surface area contributed by atoms with Crippen molar-refractivity contribution >= 4 is 27.1 Å². The first-order chi connectivity index (χ1) is 7.66. The maximum absolute atomic E-state index is 8.74. The van der Waals surface area contributed by atoms with E-state index in [0.717, 1.165) is 5.69 Å². The third kappa shape index (κ3) is 31.3. The van der Waals surface area contributed by atoms with Gasteiger partial charge in [-0.05, 0) is 12.1 Å². The zero-order valence-corrected chi connectivity index (χ0v) is 10.0. The van der Waals surface area contributed by atoms with Crippen LogP contribution in [0.25, 0.3) is 0 Å². The molecule has 0 unspecified atom stereocenters. The minimum atomic E-state index is -4.67. The zero-order valence-electron chi connectivity index (χ0n) is 8.29. The first-order valence-electron chi connectivity index (χ1n) is 3.71. The summed E-state index contributed by atoms with van der Waals surface area (Å²) in [7, 11) is -7.79. The highest BCUT2D eigenvalue weighted by molar-refractivity contribution is 7.79. The molecule has 0 spiro atoms. The van der Waals surface area contributed by atoms with Crippen LogP contribution < -0.4 is 11.3 Å². The van der Waals surface area contributed by atoms with Crippen LogP contribution in [-0.2, 0) is 21.4 Å². The standard InChI is InChI=1S/C6H8N2.H2O4S.H2O3S/c7-8-6-4-2-1-3-5-6;1-5(2,3)4;1-4(2)3/h1-5,8H,7H2;(H2,1,2,3,4);4H,(H,1,2,3). The van der Waals surface area contributed by atoms with Crippen LogP contribution in [0.2, 0.25) is 0 Å². The number of hydrogen-bond acceptors (Lipinski definition) is 6. The van der Waals surface area contributed by atoms with E-state index < -0.39 is 21.4 Å². The lowest BCUT2D eigenvalue weighted by atomic mass is 10.3. The molecule has 1 aromatic rings. The highest BCUT2D eigenvalue weighted by Crippen LogP contribution is 2.00. The van der Waals surface area contributed by atoms with E-state index >= 15 is 0 Å². The summed E-state index contributed by atoms with van der Waals surface area (Å²) >= 11 is 0. The van der Waals surface area contributed by atoms with Gasteiger partial charge in [-0.3, -0.25) is 19.5 Å². The monoisotopic (exact) mass is 288 g/mol. The number of para-hydroxylation sites is 1. The van der Waals surface area contributed by atoms with Crippen LogP contribution in [0.15, 0.2) is 30.3 Å². The van der Waals surface area contributed by atoms with Crippen molar-refractivity contribution in [2.45, 2.75) is 0 Å². The SMILES string of the molecule is NNc1ccccc1.O=S(=O)(O)O.O=[SH](=O)O. The number of nitrogens with two attached hydrogens (primary N) is 1. The molecule has 100 valence electrons. The van der Waals surface area contributed by atoms with Gasteiger partial charge in [0.1, 0.15) is 0 Å². The summed E-state index contributed by atoms with van der Waals surface area (Å²) < 4.78 is 55.8. The Morgan fingerprint density at radius 1 is 1.12 bits per heavy atom. The normalized spacial score (nSPS) is 9.47. The molecule has 1 rings (SSSR count). The van der Waals surface area contributed by atoms with Crippen LogP contribution >= 0.6 is 0 Å². The van der Waals surface area contributed by atoms with E-state index in [2.05, 4.69) is 5.43 Å². The summed E-state index contributed by atoms with van der Waals surface area (Å²) in [6.45, 7) is 0. The molecule has 0 bridgehead atoms. The van der Waals surface area contributed by atoms with Crippen molar-refractivity contribution in [3.05, 3.63) is 30.3 Å². The van der Waals surface area contributed by atoms with E-state index in [1.165, 1.54) is 0 Å². The van der Waals surface area contributed by atoms with Gasteiger partial charge in [0.25, 0.3) is 11.0 Å². The van der Waals surface area contributed by atoms with Crippen LogP contribution in [0.3, 0.4) is 0 Å². The van der Waals surface area contributed by atoms with Gasteiger partial charge in [0.05, 0.1) is 0 Å². The van der Waals surface area contributed by atoms with Crippen LogP contribution in [0, 0.1) is 0 Å². The summed E-state index contributed by atoms with van der Waals surface area (Å²) in [5.41, 5.74) is 3.46. The van der Waals surface area contributed by atoms with Crippen molar-refractivity contribution in [2.75, 3.05) is 5.43 Å². The van der Waals surface area contributed by atoms with Gasteiger partial charge in [-0.15, -0.1) is 0 Å². The fourth-order valence-corrected chi connectivity index (χ4v) is 0.534. The minimum Gasteiger partial charge on any atom is -0.324 e. The molecule has 0 aromatic heterocycles. The van der Waals surface area contributed by atoms with Crippen molar-refractivity contribution < 1.29 is 30.5 Å². The topological polar surface area (TPSA) is 167 Å². The smallest absolute Gasteiger partial charge is 0.324 e. The fourth-order valence-electron chi connectivity index (χ4n) is 0.534. The van der Waals surface area contributed by atoms with Gasteiger partial charge in [-0.25, -0.2) is 8.42 Å². The number of hydrogen-bond donors (Lipinski definition) is 6. The summed E-state index contributed by atoms with van der Waals surface area (Å²) in [6, 6.07) is 9.60. The zero-order chi connectivity index (χ0) is 13.9. The van der Waals surface area contributed by atoms with Crippen LogP contribution in [0.5, 0.6) is 0 Å².